The summed E-state index contributed by atoms with van der Waals surface area (Å²) in [6.07, 6.45) is 3.46. The van der Waals surface area contributed by atoms with Crippen LogP contribution in [0.25, 0.3) is 0 Å². The maximum absolute atomic E-state index is 7.30. The smallest absolute Gasteiger partial charge is 0.221 e. The van der Waals surface area contributed by atoms with E-state index in [2.05, 4.69) is 20.9 Å². The molecule has 0 spiro atoms. The van der Waals surface area contributed by atoms with Crippen molar-refractivity contribution in [2.75, 3.05) is 0 Å². The van der Waals surface area contributed by atoms with Gasteiger partial charge in [0.05, 0.1) is 4.47 Å². The highest BCUT2D eigenvalue weighted by Crippen LogP contribution is 2.02. The molecule has 0 amide bonds. The van der Waals surface area contributed by atoms with Gasteiger partial charge in [-0.1, -0.05) is 0 Å². The van der Waals surface area contributed by atoms with Gasteiger partial charge in [0.15, 0.2) is 0 Å². The highest BCUT2D eigenvalue weighted by molar-refractivity contribution is 14.0. The molecule has 62 valence electrons. The second-order valence-electron chi connectivity index (χ2n) is 1.88. The van der Waals surface area contributed by atoms with Gasteiger partial charge < -0.3 is 4.57 Å². The van der Waals surface area contributed by atoms with Crippen LogP contribution < -0.4 is 5.62 Å². The van der Waals surface area contributed by atoms with Crippen LogP contribution in [0.2, 0.25) is 0 Å². The summed E-state index contributed by atoms with van der Waals surface area (Å²) in [6.45, 7) is 2.76. The van der Waals surface area contributed by atoms with E-state index in [0.29, 0.717) is 5.62 Å². The zero-order valence-corrected chi connectivity index (χ0v) is 9.96. The van der Waals surface area contributed by atoms with E-state index in [1.165, 1.54) is 0 Å². The van der Waals surface area contributed by atoms with Crippen molar-refractivity contribution in [3.63, 3.8) is 0 Å². The Morgan fingerprint density at radius 2 is 2.36 bits per heavy atom. The largest absolute Gasteiger partial charge is 0.317 e. The molecule has 1 N–H and O–H groups in total. The Labute approximate surface area is 90.5 Å². The van der Waals surface area contributed by atoms with E-state index < -0.39 is 0 Å². The van der Waals surface area contributed by atoms with Crippen LogP contribution in [0.4, 0.5) is 0 Å². The van der Waals surface area contributed by atoms with Crippen molar-refractivity contribution in [2.24, 2.45) is 0 Å². The van der Waals surface area contributed by atoms with Crippen molar-refractivity contribution in [3.05, 3.63) is 22.5 Å². The van der Waals surface area contributed by atoms with Gasteiger partial charge in [-0.3, -0.25) is 5.41 Å². The number of hydrogen-bond acceptors (Lipinski definition) is 2. The molecule has 0 aliphatic rings. The van der Waals surface area contributed by atoms with E-state index in [9.17, 15) is 0 Å². The van der Waals surface area contributed by atoms with E-state index in [4.69, 9.17) is 5.41 Å². The number of halogens is 2. The van der Waals surface area contributed by atoms with E-state index in [1.54, 1.807) is 10.8 Å². The van der Waals surface area contributed by atoms with Crippen molar-refractivity contribution >= 4 is 39.9 Å². The maximum atomic E-state index is 7.30. The van der Waals surface area contributed by atoms with Crippen molar-refractivity contribution in [1.82, 2.24) is 9.55 Å². The third-order valence-electron chi connectivity index (χ3n) is 1.20. The summed E-state index contributed by atoms with van der Waals surface area (Å²) in [5.41, 5.74) is 0.297. The summed E-state index contributed by atoms with van der Waals surface area (Å²) >= 11 is 3.27. The molecular weight excluding hydrogens is 321 g/mol. The molecule has 5 heteroatoms. The van der Waals surface area contributed by atoms with Gasteiger partial charge in [0.25, 0.3) is 0 Å². The zero-order chi connectivity index (χ0) is 7.56. The average molecular weight is 330 g/mol. The van der Waals surface area contributed by atoms with E-state index in [-0.39, 0.29) is 24.0 Å². The summed E-state index contributed by atoms with van der Waals surface area (Å²) in [5.74, 6) is 0. The molecule has 1 rings (SSSR count). The first kappa shape index (κ1) is 11.1. The molecule has 0 bridgehead atoms. The molecule has 0 fully saturated rings. The van der Waals surface area contributed by atoms with E-state index in [0.717, 1.165) is 11.0 Å². The van der Waals surface area contributed by atoms with Gasteiger partial charge in [-0.05, 0) is 22.9 Å². The molecule has 0 aliphatic heterocycles. The number of nitrogens with zero attached hydrogens (tertiary/aromatic N) is 2. The summed E-state index contributed by atoms with van der Waals surface area (Å²) in [6, 6.07) is 0. The monoisotopic (exact) mass is 329 g/mol. The molecular formula is C6H9BrIN3. The normalized spacial score (nSPS) is 8.91. The lowest BCUT2D eigenvalue weighted by Gasteiger charge is -2.00. The number of rotatable bonds is 1. The van der Waals surface area contributed by atoms with Gasteiger partial charge >= 0.3 is 0 Å². The topological polar surface area (TPSA) is 41.7 Å². The molecule has 1 aromatic heterocycles. The van der Waals surface area contributed by atoms with Crippen LogP contribution in [0.3, 0.4) is 0 Å². The molecule has 0 atom stereocenters. The molecule has 0 unspecified atom stereocenters. The van der Waals surface area contributed by atoms with Crippen molar-refractivity contribution < 1.29 is 0 Å². The summed E-state index contributed by atoms with van der Waals surface area (Å²) in [7, 11) is 0. The first-order chi connectivity index (χ1) is 4.74. The minimum Gasteiger partial charge on any atom is -0.317 e. The van der Waals surface area contributed by atoms with Crippen LogP contribution >= 0.6 is 39.9 Å². The molecule has 0 saturated carbocycles. The molecule has 0 saturated heterocycles. The van der Waals surface area contributed by atoms with Gasteiger partial charge in [0.1, 0.15) is 0 Å². The predicted molar refractivity (Wildman–Crippen MR) is 56.9 cm³/mol. The minimum absolute atomic E-state index is 0. The molecule has 1 aromatic rings. The zero-order valence-electron chi connectivity index (χ0n) is 6.04. The van der Waals surface area contributed by atoms with Crippen LogP contribution in [0, 0.1) is 5.41 Å². The number of aromatic nitrogens is 2. The molecule has 3 nitrogen and oxygen atoms in total. The Kier molecular flexibility index (Phi) is 4.91. The van der Waals surface area contributed by atoms with Crippen molar-refractivity contribution in [2.45, 2.75) is 13.5 Å². The highest BCUT2D eigenvalue weighted by atomic mass is 127. The first-order valence-corrected chi connectivity index (χ1v) is 3.80. The fourth-order valence-electron chi connectivity index (χ4n) is 0.681. The lowest BCUT2D eigenvalue weighted by molar-refractivity contribution is 0.666. The molecule has 1 heterocycles. The summed E-state index contributed by atoms with van der Waals surface area (Å²) in [5, 5.41) is 7.30. The quantitative estimate of drug-likeness (QED) is 0.784. The number of nitrogens with one attached hydrogen (secondary N) is 1. The van der Waals surface area contributed by atoms with Gasteiger partial charge in [-0.25, -0.2) is 4.98 Å². The predicted octanol–water partition coefficient (Wildman–Crippen LogP) is 1.76. The van der Waals surface area contributed by atoms with Crippen LogP contribution in [0.1, 0.15) is 6.92 Å². The van der Waals surface area contributed by atoms with Crippen LogP contribution in [0.5, 0.6) is 0 Å². The van der Waals surface area contributed by atoms with Crippen LogP contribution in [0.15, 0.2) is 16.9 Å². The third kappa shape index (κ3) is 2.90. The van der Waals surface area contributed by atoms with Gasteiger partial charge in [-0.2, -0.15) is 0 Å². The minimum atomic E-state index is 0. The SMILES string of the molecule is CCn1cc(Br)cnc1=N.I. The van der Waals surface area contributed by atoms with Gasteiger partial charge in [0, 0.05) is 18.9 Å². The van der Waals surface area contributed by atoms with Gasteiger partial charge in [-0.15, -0.1) is 24.0 Å². The second-order valence-corrected chi connectivity index (χ2v) is 2.80. The fourth-order valence-corrected chi connectivity index (χ4v) is 1.03. The lowest BCUT2D eigenvalue weighted by Crippen LogP contribution is -2.20. The van der Waals surface area contributed by atoms with Gasteiger partial charge in [0.2, 0.25) is 5.62 Å². The molecule has 0 aliphatic carbocycles. The standard InChI is InChI=1S/C6H8BrN3.HI/c1-2-10-4-5(7)3-9-6(10)8;/h3-4,8H,2H2,1H3;1H. The molecule has 11 heavy (non-hydrogen) atoms. The van der Waals surface area contributed by atoms with Crippen molar-refractivity contribution in [1.29, 1.82) is 5.41 Å². The Morgan fingerprint density at radius 1 is 1.73 bits per heavy atom. The van der Waals surface area contributed by atoms with Crippen LogP contribution in [-0.2, 0) is 6.54 Å². The highest BCUT2D eigenvalue weighted by Gasteiger charge is 1.90. The van der Waals surface area contributed by atoms with Crippen molar-refractivity contribution in [3.8, 4) is 0 Å². The molecule has 0 aromatic carbocycles. The Hall–Kier alpha value is 0.0900. The Bertz CT molecular complexity index is 283. The second kappa shape index (κ2) is 4.87. The van der Waals surface area contributed by atoms with E-state index >= 15 is 0 Å². The lowest BCUT2D eigenvalue weighted by atomic mass is 10.6. The first-order valence-electron chi connectivity index (χ1n) is 3.00. The average Bonchev–Trinajstić information content (AvgIpc) is 1.94. The number of hydrogen-bond donors (Lipinski definition) is 1. The van der Waals surface area contributed by atoms with Crippen LogP contribution in [-0.4, -0.2) is 9.55 Å². The van der Waals surface area contributed by atoms with E-state index in [1.807, 2.05) is 13.1 Å². The summed E-state index contributed by atoms with van der Waals surface area (Å²) < 4.78 is 2.66. The maximum Gasteiger partial charge on any atom is 0.221 e. The Morgan fingerprint density at radius 3 is 2.82 bits per heavy atom. The summed E-state index contributed by atoms with van der Waals surface area (Å²) in [4.78, 5) is 3.83. The fraction of sp³-hybridized carbons (Fsp3) is 0.333. The number of aryl methyl sites for hydroxylation is 1. The third-order valence-corrected chi connectivity index (χ3v) is 1.61. The Balaban J connectivity index is 0.000001000. The molecule has 0 radical (unpaired) electrons.